The fourth-order valence-electron chi connectivity index (χ4n) is 2.09. The molecule has 0 bridgehead atoms. The third-order valence-electron chi connectivity index (χ3n) is 2.84. The molecule has 0 N–H and O–H groups in total. The van der Waals surface area contributed by atoms with E-state index in [9.17, 15) is 0 Å². The summed E-state index contributed by atoms with van der Waals surface area (Å²) < 4.78 is 0. The lowest BCUT2D eigenvalue weighted by atomic mass is 9.84. The van der Waals surface area contributed by atoms with Crippen LogP contribution in [0.4, 0.5) is 0 Å². The van der Waals surface area contributed by atoms with Crippen LogP contribution in [0.3, 0.4) is 0 Å². The average Bonchev–Trinajstić information content (AvgIpc) is 2.21. The van der Waals surface area contributed by atoms with Crippen molar-refractivity contribution in [1.29, 1.82) is 0 Å². The molecule has 0 fully saturated rings. The molecule has 1 atom stereocenters. The smallest absolute Gasteiger partial charge is 0.0162 e. The lowest BCUT2D eigenvalue weighted by molar-refractivity contribution is 0.532. The number of allylic oxidation sites excluding steroid dienone is 6. The van der Waals surface area contributed by atoms with Gasteiger partial charge in [0.15, 0.2) is 0 Å². The molecule has 0 radical (unpaired) electrons. The fourth-order valence-corrected chi connectivity index (χ4v) is 2.09. The number of hydrogen-bond donors (Lipinski definition) is 0. The first-order valence-electron chi connectivity index (χ1n) is 4.97. The Morgan fingerprint density at radius 1 is 1.08 bits per heavy atom. The summed E-state index contributed by atoms with van der Waals surface area (Å²) >= 11 is 0. The summed E-state index contributed by atoms with van der Waals surface area (Å²) in [5, 5.41) is 0. The summed E-state index contributed by atoms with van der Waals surface area (Å²) in [6.45, 7) is 0. The van der Waals surface area contributed by atoms with Gasteiger partial charge in [0, 0.05) is 0 Å². The lowest BCUT2D eigenvalue weighted by Gasteiger charge is -2.22. The van der Waals surface area contributed by atoms with Gasteiger partial charge in [0.25, 0.3) is 0 Å². The Bertz CT molecular complexity index is 230. The molecule has 0 heteroatoms. The Balaban J connectivity index is 2.03. The SMILES string of the molecule is C1=CCCC(C2CC=CCC2)=C1. The highest BCUT2D eigenvalue weighted by Crippen LogP contribution is 2.30. The van der Waals surface area contributed by atoms with Gasteiger partial charge in [0.05, 0.1) is 0 Å². The monoisotopic (exact) mass is 160 g/mol. The van der Waals surface area contributed by atoms with Crippen molar-refractivity contribution < 1.29 is 0 Å². The summed E-state index contributed by atoms with van der Waals surface area (Å²) in [6, 6.07) is 0. The van der Waals surface area contributed by atoms with Crippen molar-refractivity contribution in [3.05, 3.63) is 36.0 Å². The highest BCUT2D eigenvalue weighted by molar-refractivity contribution is 5.21. The standard InChI is InChI=1S/C12H16/c1-3-7-11(8-4-1)12-9-5-2-6-10-12/h1-3,5,7,12H,4,6,8-10H2. The molecule has 0 aromatic heterocycles. The first-order chi connectivity index (χ1) is 5.97. The third-order valence-corrected chi connectivity index (χ3v) is 2.84. The summed E-state index contributed by atoms with van der Waals surface area (Å²) in [5.74, 6) is 0.861. The van der Waals surface area contributed by atoms with Crippen LogP contribution in [0.15, 0.2) is 36.0 Å². The van der Waals surface area contributed by atoms with E-state index in [1.807, 2.05) is 0 Å². The Morgan fingerprint density at radius 2 is 2.08 bits per heavy atom. The van der Waals surface area contributed by atoms with Gasteiger partial charge < -0.3 is 0 Å². The van der Waals surface area contributed by atoms with Gasteiger partial charge in [0.2, 0.25) is 0 Å². The van der Waals surface area contributed by atoms with E-state index < -0.39 is 0 Å². The summed E-state index contributed by atoms with van der Waals surface area (Å²) in [5.41, 5.74) is 1.68. The average molecular weight is 160 g/mol. The number of rotatable bonds is 1. The molecule has 12 heavy (non-hydrogen) atoms. The van der Waals surface area contributed by atoms with E-state index in [4.69, 9.17) is 0 Å². The Labute approximate surface area is 74.7 Å². The van der Waals surface area contributed by atoms with Gasteiger partial charge >= 0.3 is 0 Å². The molecule has 0 amide bonds. The highest BCUT2D eigenvalue weighted by Gasteiger charge is 2.14. The van der Waals surface area contributed by atoms with E-state index in [0.29, 0.717) is 0 Å². The number of hydrogen-bond acceptors (Lipinski definition) is 0. The molecule has 0 aromatic carbocycles. The zero-order chi connectivity index (χ0) is 8.23. The minimum atomic E-state index is 0.861. The second kappa shape index (κ2) is 3.75. The van der Waals surface area contributed by atoms with Gasteiger partial charge in [-0.05, 0) is 38.0 Å². The molecule has 0 saturated heterocycles. The van der Waals surface area contributed by atoms with Crippen LogP contribution in [0, 0.1) is 5.92 Å². The first kappa shape index (κ1) is 7.85. The second-order valence-corrected chi connectivity index (χ2v) is 3.69. The third kappa shape index (κ3) is 1.69. The van der Waals surface area contributed by atoms with E-state index >= 15 is 0 Å². The zero-order valence-corrected chi connectivity index (χ0v) is 7.50. The predicted octanol–water partition coefficient (Wildman–Crippen LogP) is 3.62. The molecule has 2 rings (SSSR count). The molecule has 0 heterocycles. The normalized spacial score (nSPS) is 28.7. The molecule has 1 unspecified atom stereocenters. The summed E-state index contributed by atoms with van der Waals surface area (Å²) in [4.78, 5) is 0. The largest absolute Gasteiger partial charge is 0.0885 e. The summed E-state index contributed by atoms with van der Waals surface area (Å²) in [6.07, 6.45) is 18.0. The van der Waals surface area contributed by atoms with Crippen LogP contribution in [-0.4, -0.2) is 0 Å². The van der Waals surface area contributed by atoms with Crippen molar-refractivity contribution in [2.24, 2.45) is 5.92 Å². The molecule has 2 aliphatic rings. The minimum absolute atomic E-state index is 0.861. The second-order valence-electron chi connectivity index (χ2n) is 3.69. The van der Waals surface area contributed by atoms with Crippen molar-refractivity contribution in [2.75, 3.05) is 0 Å². The van der Waals surface area contributed by atoms with Crippen molar-refractivity contribution in [3.63, 3.8) is 0 Å². The van der Waals surface area contributed by atoms with E-state index in [0.717, 1.165) is 5.92 Å². The van der Waals surface area contributed by atoms with Gasteiger partial charge in [-0.15, -0.1) is 0 Å². The van der Waals surface area contributed by atoms with Gasteiger partial charge in [-0.1, -0.05) is 36.0 Å². The molecule has 0 saturated carbocycles. The molecule has 0 aromatic rings. The predicted molar refractivity (Wildman–Crippen MR) is 52.9 cm³/mol. The lowest BCUT2D eigenvalue weighted by Crippen LogP contribution is -2.07. The first-order valence-corrected chi connectivity index (χ1v) is 4.97. The Morgan fingerprint density at radius 3 is 2.75 bits per heavy atom. The Kier molecular flexibility index (Phi) is 2.45. The van der Waals surface area contributed by atoms with Gasteiger partial charge in [-0.3, -0.25) is 0 Å². The topological polar surface area (TPSA) is 0 Å². The van der Waals surface area contributed by atoms with Crippen LogP contribution in [0.2, 0.25) is 0 Å². The van der Waals surface area contributed by atoms with Crippen molar-refractivity contribution in [2.45, 2.75) is 32.1 Å². The zero-order valence-electron chi connectivity index (χ0n) is 7.50. The minimum Gasteiger partial charge on any atom is -0.0885 e. The van der Waals surface area contributed by atoms with Crippen LogP contribution in [0.25, 0.3) is 0 Å². The van der Waals surface area contributed by atoms with Gasteiger partial charge in [-0.25, -0.2) is 0 Å². The highest BCUT2D eigenvalue weighted by atomic mass is 14.2. The van der Waals surface area contributed by atoms with Gasteiger partial charge in [0.1, 0.15) is 0 Å². The Hall–Kier alpha value is -0.780. The molecule has 0 aliphatic heterocycles. The van der Waals surface area contributed by atoms with Gasteiger partial charge in [-0.2, -0.15) is 0 Å². The van der Waals surface area contributed by atoms with Crippen LogP contribution < -0.4 is 0 Å². The van der Waals surface area contributed by atoms with E-state index in [1.54, 1.807) is 5.57 Å². The molecular formula is C12H16. The maximum absolute atomic E-state index is 2.34. The molecule has 2 aliphatic carbocycles. The summed E-state index contributed by atoms with van der Waals surface area (Å²) in [7, 11) is 0. The molecule has 0 spiro atoms. The van der Waals surface area contributed by atoms with Crippen molar-refractivity contribution in [1.82, 2.24) is 0 Å². The molecule has 0 nitrogen and oxygen atoms in total. The van der Waals surface area contributed by atoms with E-state index in [-0.39, 0.29) is 0 Å². The van der Waals surface area contributed by atoms with E-state index in [2.05, 4.69) is 30.4 Å². The molecular weight excluding hydrogens is 144 g/mol. The van der Waals surface area contributed by atoms with Crippen molar-refractivity contribution >= 4 is 0 Å². The maximum atomic E-state index is 2.34. The quantitative estimate of drug-likeness (QED) is 0.514. The van der Waals surface area contributed by atoms with Crippen LogP contribution in [0.1, 0.15) is 32.1 Å². The van der Waals surface area contributed by atoms with Crippen LogP contribution in [-0.2, 0) is 0 Å². The molecule has 64 valence electrons. The fraction of sp³-hybridized carbons (Fsp3) is 0.500. The van der Waals surface area contributed by atoms with Crippen LogP contribution >= 0.6 is 0 Å². The van der Waals surface area contributed by atoms with E-state index in [1.165, 1.54) is 32.1 Å². The van der Waals surface area contributed by atoms with Crippen molar-refractivity contribution in [3.8, 4) is 0 Å². The maximum Gasteiger partial charge on any atom is -0.0162 e. The van der Waals surface area contributed by atoms with Crippen LogP contribution in [0.5, 0.6) is 0 Å².